The molecule has 2 heterocycles. The van der Waals surface area contributed by atoms with Crippen molar-refractivity contribution in [2.75, 3.05) is 18.4 Å². The van der Waals surface area contributed by atoms with Gasteiger partial charge in [0, 0.05) is 40.5 Å². The molecule has 4 rings (SSSR count). The molecule has 0 saturated carbocycles. The first-order valence-corrected chi connectivity index (χ1v) is 11.2. The highest BCUT2D eigenvalue weighted by Gasteiger charge is 2.32. The van der Waals surface area contributed by atoms with Gasteiger partial charge in [-0.15, -0.1) is 0 Å². The number of aliphatic carboxylic acids is 2. The molecule has 0 aliphatic carbocycles. The van der Waals surface area contributed by atoms with Gasteiger partial charge in [0.1, 0.15) is 6.04 Å². The summed E-state index contributed by atoms with van der Waals surface area (Å²) in [5, 5.41) is 22.1. The highest BCUT2D eigenvalue weighted by atomic mass is 16.4. The standard InChI is InChI=1S/C26H27N3O5/c30-23(8-9-24(31)32)28-19-6-7-22-20(15-19)21(16-27-22)25(26(33)34)29-12-10-18(11-13-29)14-17-4-2-1-3-5-17/h1-9,15-16,18,25,27H,10-14H2,(H,28,30)(H,31,32)(H,33,34)/b9-8+/t25-/m1/s1. The summed E-state index contributed by atoms with van der Waals surface area (Å²) in [5.41, 5.74) is 3.17. The van der Waals surface area contributed by atoms with E-state index in [-0.39, 0.29) is 0 Å². The molecule has 0 spiro atoms. The highest BCUT2D eigenvalue weighted by molar-refractivity contribution is 6.03. The molecular weight excluding hydrogens is 434 g/mol. The van der Waals surface area contributed by atoms with Crippen LogP contribution in [0.5, 0.6) is 0 Å². The lowest BCUT2D eigenvalue weighted by atomic mass is 9.89. The van der Waals surface area contributed by atoms with Crippen molar-refractivity contribution in [1.29, 1.82) is 0 Å². The number of hydrogen-bond donors (Lipinski definition) is 4. The van der Waals surface area contributed by atoms with Crippen LogP contribution in [0.1, 0.15) is 30.0 Å². The maximum Gasteiger partial charge on any atom is 0.328 e. The molecule has 34 heavy (non-hydrogen) atoms. The molecule has 176 valence electrons. The number of rotatable bonds is 8. The predicted molar refractivity (Wildman–Crippen MR) is 129 cm³/mol. The number of nitrogens with one attached hydrogen (secondary N) is 2. The van der Waals surface area contributed by atoms with Crippen molar-refractivity contribution < 1.29 is 24.6 Å². The second-order valence-corrected chi connectivity index (χ2v) is 8.58. The van der Waals surface area contributed by atoms with Gasteiger partial charge in [-0.3, -0.25) is 14.5 Å². The number of likely N-dealkylation sites (tertiary alicyclic amines) is 1. The smallest absolute Gasteiger partial charge is 0.328 e. The molecule has 1 aliphatic rings. The summed E-state index contributed by atoms with van der Waals surface area (Å²) < 4.78 is 0. The van der Waals surface area contributed by atoms with E-state index in [2.05, 4.69) is 22.4 Å². The van der Waals surface area contributed by atoms with Crippen LogP contribution in [-0.4, -0.2) is 51.0 Å². The first-order chi connectivity index (χ1) is 16.4. The van der Waals surface area contributed by atoms with Crippen molar-refractivity contribution in [1.82, 2.24) is 9.88 Å². The number of carboxylic acid groups (broad SMARTS) is 2. The summed E-state index contributed by atoms with van der Waals surface area (Å²) >= 11 is 0. The van der Waals surface area contributed by atoms with Gasteiger partial charge in [-0.25, -0.2) is 4.79 Å². The zero-order valence-electron chi connectivity index (χ0n) is 18.6. The van der Waals surface area contributed by atoms with E-state index in [1.807, 2.05) is 23.1 Å². The number of benzene rings is 2. The van der Waals surface area contributed by atoms with Gasteiger partial charge >= 0.3 is 11.9 Å². The Morgan fingerprint density at radius 1 is 1.06 bits per heavy atom. The maximum atomic E-state index is 12.3. The molecule has 0 unspecified atom stereocenters. The minimum Gasteiger partial charge on any atom is -0.480 e. The van der Waals surface area contributed by atoms with Gasteiger partial charge < -0.3 is 20.5 Å². The van der Waals surface area contributed by atoms with Crippen LogP contribution in [0.15, 0.2) is 66.9 Å². The van der Waals surface area contributed by atoms with E-state index in [0.717, 1.165) is 36.9 Å². The van der Waals surface area contributed by atoms with Crippen molar-refractivity contribution in [2.24, 2.45) is 5.92 Å². The average Bonchev–Trinajstić information content (AvgIpc) is 3.22. The predicted octanol–water partition coefficient (Wildman–Crippen LogP) is 3.83. The Bertz CT molecular complexity index is 1210. The molecule has 1 aliphatic heterocycles. The summed E-state index contributed by atoms with van der Waals surface area (Å²) in [4.78, 5) is 40.0. The molecule has 4 N–H and O–H groups in total. The van der Waals surface area contributed by atoms with Gasteiger partial charge in [-0.2, -0.15) is 0 Å². The number of nitrogens with zero attached hydrogens (tertiary/aromatic N) is 1. The maximum absolute atomic E-state index is 12.3. The third kappa shape index (κ3) is 5.52. The number of H-pyrrole nitrogens is 1. The number of carbonyl (C=O) groups excluding carboxylic acids is 1. The molecule has 3 aromatic rings. The SMILES string of the molecule is O=C(O)/C=C/C(=O)Nc1ccc2[nH]cc([C@H](C(=O)O)N3CCC(Cc4ccccc4)CC3)c2c1. The average molecular weight is 462 g/mol. The number of hydrogen-bond acceptors (Lipinski definition) is 4. The van der Waals surface area contributed by atoms with Gasteiger partial charge in [0.05, 0.1) is 0 Å². The van der Waals surface area contributed by atoms with E-state index in [1.165, 1.54) is 5.56 Å². The van der Waals surface area contributed by atoms with E-state index in [4.69, 9.17) is 5.11 Å². The third-order valence-corrected chi connectivity index (χ3v) is 6.27. The normalized spacial score (nSPS) is 16.0. The molecule has 1 fully saturated rings. The first-order valence-electron chi connectivity index (χ1n) is 11.2. The molecule has 1 aromatic heterocycles. The monoisotopic (exact) mass is 461 g/mol. The van der Waals surface area contributed by atoms with Crippen LogP contribution in [0.3, 0.4) is 0 Å². The highest BCUT2D eigenvalue weighted by Crippen LogP contribution is 2.33. The Morgan fingerprint density at radius 2 is 1.79 bits per heavy atom. The number of aromatic amines is 1. The van der Waals surface area contributed by atoms with Crippen LogP contribution in [0.25, 0.3) is 10.9 Å². The van der Waals surface area contributed by atoms with Gasteiger partial charge in [-0.1, -0.05) is 30.3 Å². The largest absolute Gasteiger partial charge is 0.480 e. The number of piperidine rings is 1. The van der Waals surface area contributed by atoms with Gasteiger partial charge in [0.2, 0.25) is 5.91 Å². The Morgan fingerprint density at radius 3 is 2.47 bits per heavy atom. The molecule has 2 aromatic carbocycles. The van der Waals surface area contributed by atoms with Crippen molar-refractivity contribution in [2.45, 2.75) is 25.3 Å². The van der Waals surface area contributed by atoms with Crippen molar-refractivity contribution in [3.63, 3.8) is 0 Å². The van der Waals surface area contributed by atoms with Gasteiger partial charge in [0.25, 0.3) is 0 Å². The molecule has 0 radical (unpaired) electrons. The Hall–Kier alpha value is -3.91. The first kappa shape index (κ1) is 23.3. The lowest BCUT2D eigenvalue weighted by molar-refractivity contribution is -0.144. The summed E-state index contributed by atoms with van der Waals surface area (Å²) in [6.07, 6.45) is 6.27. The minimum absolute atomic E-state index is 0.457. The van der Waals surface area contributed by atoms with E-state index in [9.17, 15) is 19.5 Å². The van der Waals surface area contributed by atoms with Crippen LogP contribution in [0.2, 0.25) is 0 Å². The van der Waals surface area contributed by atoms with Gasteiger partial charge in [0.15, 0.2) is 0 Å². The second-order valence-electron chi connectivity index (χ2n) is 8.58. The van der Waals surface area contributed by atoms with Gasteiger partial charge in [-0.05, 0) is 62.0 Å². The van der Waals surface area contributed by atoms with Crippen LogP contribution in [0, 0.1) is 5.92 Å². The van der Waals surface area contributed by atoms with Crippen molar-refractivity contribution >= 4 is 34.4 Å². The lowest BCUT2D eigenvalue weighted by Crippen LogP contribution is -2.40. The van der Waals surface area contributed by atoms with Crippen molar-refractivity contribution in [3.8, 4) is 0 Å². The van der Waals surface area contributed by atoms with Crippen LogP contribution >= 0.6 is 0 Å². The topological polar surface area (TPSA) is 123 Å². The minimum atomic E-state index is -1.21. The molecule has 1 amide bonds. The van der Waals surface area contributed by atoms with E-state index >= 15 is 0 Å². The quantitative estimate of drug-likeness (QED) is 0.378. The lowest BCUT2D eigenvalue weighted by Gasteiger charge is -2.35. The van der Waals surface area contributed by atoms with E-state index in [1.54, 1.807) is 24.4 Å². The Kier molecular flexibility index (Phi) is 7.08. The molecule has 8 nitrogen and oxygen atoms in total. The zero-order valence-corrected chi connectivity index (χ0v) is 18.6. The van der Waals surface area contributed by atoms with Crippen LogP contribution in [0.4, 0.5) is 5.69 Å². The summed E-state index contributed by atoms with van der Waals surface area (Å²) in [6, 6.07) is 14.7. The van der Waals surface area contributed by atoms with Crippen LogP contribution < -0.4 is 5.32 Å². The Labute approximate surface area is 196 Å². The van der Waals surface area contributed by atoms with E-state index in [0.29, 0.717) is 35.6 Å². The van der Waals surface area contributed by atoms with E-state index < -0.39 is 23.9 Å². The summed E-state index contributed by atoms with van der Waals surface area (Å²) in [6.45, 7) is 1.38. The third-order valence-electron chi connectivity index (χ3n) is 6.27. The summed E-state index contributed by atoms with van der Waals surface area (Å²) in [5.74, 6) is -2.18. The molecule has 8 heteroatoms. The molecule has 1 atom stereocenters. The number of aromatic nitrogens is 1. The zero-order chi connectivity index (χ0) is 24.1. The fourth-order valence-corrected chi connectivity index (χ4v) is 4.63. The fourth-order valence-electron chi connectivity index (χ4n) is 4.63. The number of amides is 1. The molecule has 1 saturated heterocycles. The van der Waals surface area contributed by atoms with Crippen LogP contribution in [-0.2, 0) is 20.8 Å². The fraction of sp³-hybridized carbons (Fsp3) is 0.269. The Balaban J connectivity index is 1.50. The van der Waals surface area contributed by atoms with Crippen molar-refractivity contribution in [3.05, 3.63) is 78.0 Å². The number of fused-ring (bicyclic) bond motifs is 1. The number of carbonyl (C=O) groups is 3. The number of anilines is 1. The number of carboxylic acids is 2. The second kappa shape index (κ2) is 10.4. The summed E-state index contributed by atoms with van der Waals surface area (Å²) in [7, 11) is 0. The molecular formula is C26H27N3O5. The molecule has 0 bridgehead atoms.